The number of fused-ring (bicyclic) bond motifs is 1. The fourth-order valence-electron chi connectivity index (χ4n) is 5.51. The average Bonchev–Trinajstić information content (AvgIpc) is 3.26. The number of aliphatic hydroxyl groups excluding tert-OH is 1. The molecule has 36 heavy (non-hydrogen) atoms. The third-order valence-electron chi connectivity index (χ3n) is 7.15. The van der Waals surface area contributed by atoms with Gasteiger partial charge in [0.2, 0.25) is 0 Å². The van der Waals surface area contributed by atoms with Crippen LogP contribution in [0.3, 0.4) is 0 Å². The molecule has 3 unspecified atom stereocenters. The number of nitrogens with one attached hydrogen (secondary N) is 3. The highest BCUT2D eigenvalue weighted by molar-refractivity contribution is 5.99. The van der Waals surface area contributed by atoms with Gasteiger partial charge in [-0.3, -0.25) is 4.79 Å². The zero-order valence-electron chi connectivity index (χ0n) is 20.0. The first kappa shape index (κ1) is 24.1. The molecule has 5 N–H and O–H groups in total. The summed E-state index contributed by atoms with van der Waals surface area (Å²) in [7, 11) is 3.17. The zero-order chi connectivity index (χ0) is 25.4. The van der Waals surface area contributed by atoms with E-state index in [2.05, 4.69) is 16.2 Å². The Hall–Kier alpha value is -3.60. The first-order valence-electron chi connectivity index (χ1n) is 11.8. The third kappa shape index (κ3) is 4.39. The molecule has 0 aromatic heterocycles. The Morgan fingerprint density at radius 1 is 1.00 bits per heavy atom. The highest BCUT2D eigenvalue weighted by atomic mass is 16.5. The van der Waals surface area contributed by atoms with Gasteiger partial charge in [-0.1, -0.05) is 18.2 Å². The van der Waals surface area contributed by atoms with Crippen molar-refractivity contribution in [1.29, 1.82) is 0 Å². The summed E-state index contributed by atoms with van der Waals surface area (Å²) in [5.41, 5.74) is 9.36. The number of carboxylic acids is 1. The lowest BCUT2D eigenvalue weighted by molar-refractivity contribution is -0.139. The number of hydrogen-bond donors (Lipinski definition) is 5. The molecule has 5 rings (SSSR count). The summed E-state index contributed by atoms with van der Waals surface area (Å²) in [6.45, 7) is -0.435. The van der Waals surface area contributed by atoms with Gasteiger partial charge in [0, 0.05) is 29.5 Å². The van der Waals surface area contributed by atoms with E-state index in [1.165, 1.54) is 0 Å². The van der Waals surface area contributed by atoms with Crippen LogP contribution in [0.15, 0.2) is 53.7 Å². The molecule has 1 fully saturated rings. The molecule has 2 aromatic rings. The van der Waals surface area contributed by atoms with Crippen molar-refractivity contribution in [2.75, 3.05) is 20.8 Å². The van der Waals surface area contributed by atoms with Gasteiger partial charge in [0.1, 0.15) is 12.0 Å². The molecule has 0 bridgehead atoms. The molecule has 2 heterocycles. The zero-order valence-corrected chi connectivity index (χ0v) is 20.0. The molecule has 0 radical (unpaired) electrons. The van der Waals surface area contributed by atoms with Crippen molar-refractivity contribution >= 4 is 11.8 Å². The van der Waals surface area contributed by atoms with Crippen molar-refractivity contribution in [2.45, 2.75) is 37.1 Å². The lowest BCUT2D eigenvalue weighted by Gasteiger charge is -2.42. The number of methoxy groups -OCH3 is 2. The van der Waals surface area contributed by atoms with Gasteiger partial charge in [0.15, 0.2) is 23.9 Å². The van der Waals surface area contributed by atoms with Crippen LogP contribution in [0.4, 0.5) is 0 Å². The predicted molar refractivity (Wildman–Crippen MR) is 129 cm³/mol. The van der Waals surface area contributed by atoms with Crippen molar-refractivity contribution in [3.8, 4) is 17.2 Å². The number of hydrazine groups is 1. The Morgan fingerprint density at radius 3 is 2.42 bits per heavy atom. The van der Waals surface area contributed by atoms with Crippen LogP contribution in [0.5, 0.6) is 17.2 Å². The number of hydrogen-bond acceptors (Lipinski definition) is 9. The van der Waals surface area contributed by atoms with Crippen molar-refractivity contribution in [2.24, 2.45) is 5.92 Å². The summed E-state index contributed by atoms with van der Waals surface area (Å²) >= 11 is 0. The highest BCUT2D eigenvalue weighted by Crippen LogP contribution is 2.48. The minimum Gasteiger partial charge on any atom is -0.493 e. The Bertz CT molecular complexity index is 1200. The van der Waals surface area contributed by atoms with Crippen molar-refractivity contribution in [1.82, 2.24) is 16.2 Å². The molecule has 3 aliphatic rings. The van der Waals surface area contributed by atoms with Crippen LogP contribution in [0.25, 0.3) is 0 Å². The van der Waals surface area contributed by atoms with Crippen LogP contribution in [0.2, 0.25) is 0 Å². The van der Waals surface area contributed by atoms with Crippen molar-refractivity contribution < 1.29 is 34.0 Å². The fraction of sp³-hybridized carbons (Fsp3) is 0.385. The van der Waals surface area contributed by atoms with Crippen LogP contribution in [-0.4, -0.2) is 55.2 Å². The van der Waals surface area contributed by atoms with Crippen LogP contribution in [-0.2, 0) is 9.59 Å². The molecular formula is C26H29N3O7. The standard InChI is InChI=1S/C26H29N3O7/c1-34-19-8-5-14(11-20(19)35-2)15-9-17-23(18(30)10-15)22(24-25(27-17)28-29-26(24)33)13-3-6-16(7-4-13)36-12-21(31)32/h3-8,11,15,22,24-29,33H,9-10,12H2,1-2H3,(H,31,32)/t15-,22-,24?,25?,26?/m1/s1. The molecule has 2 aromatic carbocycles. The minimum absolute atomic E-state index is 0.0253. The maximum absolute atomic E-state index is 13.6. The lowest BCUT2D eigenvalue weighted by Crippen LogP contribution is -2.51. The van der Waals surface area contributed by atoms with E-state index in [0.717, 1.165) is 16.8 Å². The average molecular weight is 496 g/mol. The minimum atomic E-state index is -1.06. The largest absolute Gasteiger partial charge is 0.493 e. The predicted octanol–water partition coefficient (Wildman–Crippen LogP) is 1.62. The van der Waals surface area contributed by atoms with Gasteiger partial charge >= 0.3 is 5.97 Å². The van der Waals surface area contributed by atoms with E-state index in [1.54, 1.807) is 26.4 Å². The summed E-state index contributed by atoms with van der Waals surface area (Å²) in [5.74, 6) is -0.0678. The number of allylic oxidation sites excluding steroid dienone is 2. The number of ether oxygens (including phenoxy) is 3. The number of carbonyl (C=O) groups excluding carboxylic acids is 1. The maximum Gasteiger partial charge on any atom is 0.341 e. The molecule has 0 saturated carbocycles. The Labute approximate surface area is 208 Å². The molecule has 10 nitrogen and oxygen atoms in total. The SMILES string of the molecule is COc1ccc([C@H]2CC(=O)C3=C(C2)NC2NNC(O)C2[C@@H]3c2ccc(OCC(=O)O)cc2)cc1OC. The number of benzene rings is 2. The summed E-state index contributed by atoms with van der Waals surface area (Å²) in [6.07, 6.45) is -0.168. The normalized spacial score (nSPS) is 27.1. The van der Waals surface area contributed by atoms with Gasteiger partial charge in [0.25, 0.3) is 0 Å². The van der Waals surface area contributed by atoms with Crippen LogP contribution in [0.1, 0.15) is 35.8 Å². The maximum atomic E-state index is 13.6. The van der Waals surface area contributed by atoms with Gasteiger partial charge in [-0.25, -0.2) is 15.6 Å². The second kappa shape index (κ2) is 9.81. The molecule has 190 valence electrons. The van der Waals surface area contributed by atoms with Gasteiger partial charge in [-0.2, -0.15) is 0 Å². The van der Waals surface area contributed by atoms with Gasteiger partial charge in [-0.05, 0) is 47.7 Å². The molecule has 10 heteroatoms. The Morgan fingerprint density at radius 2 is 1.72 bits per heavy atom. The number of carbonyl (C=O) groups is 2. The van der Waals surface area contributed by atoms with E-state index < -0.39 is 18.8 Å². The van der Waals surface area contributed by atoms with Gasteiger partial charge in [-0.15, -0.1) is 0 Å². The van der Waals surface area contributed by atoms with E-state index in [4.69, 9.17) is 19.3 Å². The van der Waals surface area contributed by atoms with E-state index in [0.29, 0.717) is 35.7 Å². The topological polar surface area (TPSA) is 138 Å². The van der Waals surface area contributed by atoms with Crippen molar-refractivity contribution in [3.05, 3.63) is 64.9 Å². The summed E-state index contributed by atoms with van der Waals surface area (Å²) in [5, 5.41) is 23.0. The number of rotatable bonds is 7. The van der Waals surface area contributed by atoms with Crippen LogP contribution >= 0.6 is 0 Å². The molecule has 0 amide bonds. The van der Waals surface area contributed by atoms with E-state index >= 15 is 0 Å². The molecule has 1 saturated heterocycles. The summed E-state index contributed by atoms with van der Waals surface area (Å²) in [4.78, 5) is 24.5. The number of carboxylic acid groups (broad SMARTS) is 1. The second-order valence-electron chi connectivity index (χ2n) is 9.20. The Balaban J connectivity index is 1.48. The molecular weight excluding hydrogens is 466 g/mol. The first-order chi connectivity index (χ1) is 17.4. The van der Waals surface area contributed by atoms with E-state index in [1.807, 2.05) is 30.3 Å². The van der Waals surface area contributed by atoms with E-state index in [9.17, 15) is 14.7 Å². The highest BCUT2D eigenvalue weighted by Gasteiger charge is 2.49. The monoisotopic (exact) mass is 495 g/mol. The second-order valence-corrected chi connectivity index (χ2v) is 9.20. The van der Waals surface area contributed by atoms with Crippen molar-refractivity contribution in [3.63, 3.8) is 0 Å². The van der Waals surface area contributed by atoms with Crippen LogP contribution < -0.4 is 30.4 Å². The lowest BCUT2D eigenvalue weighted by atomic mass is 9.69. The van der Waals surface area contributed by atoms with Gasteiger partial charge < -0.3 is 29.7 Å². The number of aliphatic carboxylic acids is 1. The molecule has 0 spiro atoms. The molecule has 1 aliphatic carbocycles. The summed E-state index contributed by atoms with van der Waals surface area (Å²) in [6, 6.07) is 12.8. The number of Topliss-reactive ketones (excluding diaryl/α,β-unsaturated/α-hetero) is 1. The smallest absolute Gasteiger partial charge is 0.341 e. The molecule has 5 atom stereocenters. The van der Waals surface area contributed by atoms with E-state index in [-0.39, 0.29) is 29.7 Å². The van der Waals surface area contributed by atoms with Crippen LogP contribution in [0, 0.1) is 5.92 Å². The summed E-state index contributed by atoms with van der Waals surface area (Å²) < 4.78 is 16.1. The Kier molecular flexibility index (Phi) is 6.57. The number of aliphatic hydroxyl groups is 1. The fourth-order valence-corrected chi connectivity index (χ4v) is 5.51. The van der Waals surface area contributed by atoms with Gasteiger partial charge in [0.05, 0.1) is 20.4 Å². The quantitative estimate of drug-likeness (QED) is 0.385. The first-order valence-corrected chi connectivity index (χ1v) is 11.8. The third-order valence-corrected chi connectivity index (χ3v) is 7.15. The molecule has 2 aliphatic heterocycles. The number of ketones is 1.